The normalized spacial score (nSPS) is 11.8. The second kappa shape index (κ2) is 7.21. The molecular formula is C20H20N2O3. The Labute approximate surface area is 146 Å². The summed E-state index contributed by atoms with van der Waals surface area (Å²) < 4.78 is 10.9. The maximum Gasteiger partial charge on any atom is 0.265 e. The molecule has 0 radical (unpaired) electrons. The fourth-order valence-electron chi connectivity index (χ4n) is 2.34. The summed E-state index contributed by atoms with van der Waals surface area (Å²) in [6.07, 6.45) is 1.01. The quantitative estimate of drug-likeness (QED) is 0.751. The highest BCUT2D eigenvalue weighted by Gasteiger charge is 2.15. The Morgan fingerprint density at radius 2 is 1.76 bits per heavy atom. The van der Waals surface area contributed by atoms with Crippen LogP contribution in [-0.4, -0.2) is 17.0 Å². The number of hydrogen-bond donors (Lipinski definition) is 1. The van der Waals surface area contributed by atoms with Crippen molar-refractivity contribution in [2.45, 2.75) is 26.9 Å². The fraction of sp³-hybridized carbons (Fsp3) is 0.200. The molecule has 3 rings (SSSR count). The first-order chi connectivity index (χ1) is 12.0. The maximum absolute atomic E-state index is 12.3. The molecule has 5 nitrogen and oxygen atoms in total. The number of rotatable bonds is 5. The van der Waals surface area contributed by atoms with Crippen LogP contribution in [-0.2, 0) is 4.79 Å². The van der Waals surface area contributed by atoms with Crippen LogP contribution in [0.4, 0.5) is 5.69 Å². The monoisotopic (exact) mass is 336 g/mol. The average Bonchev–Trinajstić information content (AvgIpc) is 3.04. The predicted molar refractivity (Wildman–Crippen MR) is 96.6 cm³/mol. The molecule has 0 aliphatic heterocycles. The van der Waals surface area contributed by atoms with Crippen molar-refractivity contribution in [1.82, 2.24) is 4.98 Å². The van der Waals surface area contributed by atoms with Gasteiger partial charge in [-0.05, 0) is 38.1 Å². The van der Waals surface area contributed by atoms with Crippen molar-refractivity contribution in [1.29, 1.82) is 0 Å². The van der Waals surface area contributed by atoms with Crippen molar-refractivity contribution >= 4 is 11.6 Å². The van der Waals surface area contributed by atoms with Gasteiger partial charge in [0.15, 0.2) is 12.0 Å². The van der Waals surface area contributed by atoms with Crippen LogP contribution in [0.3, 0.4) is 0 Å². The zero-order valence-electron chi connectivity index (χ0n) is 14.4. The number of hydrogen-bond acceptors (Lipinski definition) is 4. The van der Waals surface area contributed by atoms with Crippen LogP contribution in [0.25, 0.3) is 11.3 Å². The Morgan fingerprint density at radius 1 is 1.08 bits per heavy atom. The molecule has 1 N–H and O–H groups in total. The van der Waals surface area contributed by atoms with Gasteiger partial charge in [0.1, 0.15) is 17.7 Å². The topological polar surface area (TPSA) is 64.4 Å². The lowest BCUT2D eigenvalue weighted by Gasteiger charge is -2.15. The van der Waals surface area contributed by atoms with E-state index in [1.807, 2.05) is 55.5 Å². The fourth-order valence-corrected chi connectivity index (χ4v) is 2.34. The van der Waals surface area contributed by atoms with E-state index >= 15 is 0 Å². The summed E-state index contributed by atoms with van der Waals surface area (Å²) in [7, 11) is 0. The van der Waals surface area contributed by atoms with Gasteiger partial charge in [-0.2, -0.15) is 0 Å². The number of nitrogens with zero attached hydrogens (tertiary/aromatic N) is 1. The van der Waals surface area contributed by atoms with Gasteiger partial charge in [-0.15, -0.1) is 0 Å². The molecule has 1 atom stereocenters. The third-order valence-corrected chi connectivity index (χ3v) is 3.77. The van der Waals surface area contributed by atoms with Gasteiger partial charge in [0.2, 0.25) is 0 Å². The molecule has 2 aromatic carbocycles. The smallest absolute Gasteiger partial charge is 0.265 e. The zero-order chi connectivity index (χ0) is 17.8. The first kappa shape index (κ1) is 16.8. The van der Waals surface area contributed by atoms with E-state index in [9.17, 15) is 4.79 Å². The minimum absolute atomic E-state index is 0.203. The summed E-state index contributed by atoms with van der Waals surface area (Å²) in [6, 6.07) is 15.0. The van der Waals surface area contributed by atoms with Crippen molar-refractivity contribution in [3.63, 3.8) is 0 Å². The molecule has 0 fully saturated rings. The zero-order valence-corrected chi connectivity index (χ0v) is 14.4. The van der Waals surface area contributed by atoms with Gasteiger partial charge in [0, 0.05) is 18.2 Å². The van der Waals surface area contributed by atoms with E-state index in [2.05, 4.69) is 10.3 Å². The van der Waals surface area contributed by atoms with Crippen LogP contribution >= 0.6 is 0 Å². The van der Waals surface area contributed by atoms with E-state index in [-0.39, 0.29) is 5.91 Å². The number of carbonyl (C=O) groups is 1. The van der Waals surface area contributed by atoms with Gasteiger partial charge in [-0.1, -0.05) is 29.8 Å². The Hall–Kier alpha value is -3.08. The van der Waals surface area contributed by atoms with Crippen LogP contribution in [0.1, 0.15) is 18.4 Å². The molecule has 1 amide bonds. The van der Waals surface area contributed by atoms with Gasteiger partial charge in [-0.25, -0.2) is 4.98 Å². The second-order valence-electron chi connectivity index (χ2n) is 5.89. The number of aryl methyl sites for hydroxylation is 2. The number of carbonyl (C=O) groups excluding carboxylic acids is 1. The van der Waals surface area contributed by atoms with E-state index in [0.29, 0.717) is 17.3 Å². The first-order valence-electron chi connectivity index (χ1n) is 8.08. The molecule has 0 bridgehead atoms. The molecule has 1 heterocycles. The molecule has 0 saturated carbocycles. The van der Waals surface area contributed by atoms with Crippen LogP contribution in [0.5, 0.6) is 5.75 Å². The number of anilines is 1. The molecule has 0 aliphatic carbocycles. The van der Waals surface area contributed by atoms with Crippen LogP contribution in [0.2, 0.25) is 0 Å². The number of nitrogens with one attached hydrogen (secondary N) is 1. The van der Waals surface area contributed by atoms with Crippen LogP contribution in [0.15, 0.2) is 59.2 Å². The van der Waals surface area contributed by atoms with E-state index in [0.717, 1.165) is 16.8 Å². The standard InChI is InChI=1S/C20H20N2O3/c1-13-4-10-18(11-5-13)25-14(2)20(23)22-17-8-6-16(7-9-17)19-12-24-15(3)21-19/h4-12,14H,1-3H3,(H,22,23)/t14-/m1/s1. The molecule has 3 aromatic rings. The molecule has 0 spiro atoms. The van der Waals surface area contributed by atoms with Gasteiger partial charge in [-0.3, -0.25) is 4.79 Å². The third-order valence-electron chi connectivity index (χ3n) is 3.77. The average molecular weight is 336 g/mol. The van der Waals surface area contributed by atoms with Crippen molar-refractivity contribution in [3.8, 4) is 17.0 Å². The van der Waals surface area contributed by atoms with Crippen LogP contribution in [0, 0.1) is 13.8 Å². The van der Waals surface area contributed by atoms with Crippen LogP contribution < -0.4 is 10.1 Å². The minimum Gasteiger partial charge on any atom is -0.481 e. The van der Waals surface area contributed by atoms with Gasteiger partial charge >= 0.3 is 0 Å². The summed E-state index contributed by atoms with van der Waals surface area (Å²) in [4.78, 5) is 16.6. The number of benzene rings is 2. The second-order valence-corrected chi connectivity index (χ2v) is 5.89. The number of oxazole rings is 1. The van der Waals surface area contributed by atoms with Crippen molar-refractivity contribution < 1.29 is 13.9 Å². The van der Waals surface area contributed by atoms with E-state index in [1.54, 1.807) is 20.1 Å². The van der Waals surface area contributed by atoms with Gasteiger partial charge in [0.05, 0.1) is 0 Å². The molecule has 5 heteroatoms. The lowest BCUT2D eigenvalue weighted by molar-refractivity contribution is -0.122. The van der Waals surface area contributed by atoms with Crippen molar-refractivity contribution in [2.24, 2.45) is 0 Å². The Kier molecular flexibility index (Phi) is 4.84. The summed E-state index contributed by atoms with van der Waals surface area (Å²) in [5.41, 5.74) is 3.55. The number of aromatic nitrogens is 1. The highest BCUT2D eigenvalue weighted by Crippen LogP contribution is 2.21. The SMILES string of the molecule is Cc1ccc(O[C@H](C)C(=O)Nc2ccc(-c3coc(C)n3)cc2)cc1. The minimum atomic E-state index is -0.597. The molecule has 0 unspecified atom stereocenters. The van der Waals surface area contributed by atoms with Gasteiger partial charge < -0.3 is 14.5 Å². The first-order valence-corrected chi connectivity index (χ1v) is 8.08. The molecular weight excluding hydrogens is 316 g/mol. The number of ether oxygens (including phenoxy) is 1. The van der Waals surface area contributed by atoms with E-state index < -0.39 is 6.10 Å². The Balaban J connectivity index is 1.61. The lowest BCUT2D eigenvalue weighted by Crippen LogP contribution is -2.30. The van der Waals surface area contributed by atoms with Crippen molar-refractivity contribution in [2.75, 3.05) is 5.32 Å². The molecule has 25 heavy (non-hydrogen) atoms. The number of amides is 1. The van der Waals surface area contributed by atoms with Gasteiger partial charge in [0.25, 0.3) is 5.91 Å². The predicted octanol–water partition coefficient (Wildman–Crippen LogP) is 4.36. The Bertz CT molecular complexity index is 851. The van der Waals surface area contributed by atoms with E-state index in [1.165, 1.54) is 0 Å². The maximum atomic E-state index is 12.3. The highest BCUT2D eigenvalue weighted by atomic mass is 16.5. The Morgan fingerprint density at radius 3 is 2.36 bits per heavy atom. The lowest BCUT2D eigenvalue weighted by atomic mass is 10.1. The van der Waals surface area contributed by atoms with E-state index in [4.69, 9.17) is 9.15 Å². The summed E-state index contributed by atoms with van der Waals surface area (Å²) in [5, 5.41) is 2.85. The third kappa shape index (κ3) is 4.26. The summed E-state index contributed by atoms with van der Waals surface area (Å²) in [6.45, 7) is 5.53. The summed E-state index contributed by atoms with van der Waals surface area (Å²) >= 11 is 0. The van der Waals surface area contributed by atoms with Crippen molar-refractivity contribution in [3.05, 3.63) is 66.2 Å². The summed E-state index contributed by atoms with van der Waals surface area (Å²) in [5.74, 6) is 1.09. The molecule has 0 aliphatic rings. The molecule has 0 saturated heterocycles. The largest absolute Gasteiger partial charge is 0.481 e. The molecule has 1 aromatic heterocycles. The highest BCUT2D eigenvalue weighted by molar-refractivity contribution is 5.94. The molecule has 128 valence electrons.